The molecular weight excluding hydrogens is 360 g/mol. The van der Waals surface area contributed by atoms with Crippen LogP contribution < -0.4 is 5.32 Å². The normalized spacial score (nSPS) is 11.0. The van der Waals surface area contributed by atoms with Gasteiger partial charge in [-0.05, 0) is 29.8 Å². The molecule has 2 aromatic carbocycles. The topological polar surface area (TPSA) is 83.8 Å². The van der Waals surface area contributed by atoms with Gasteiger partial charge in [-0.15, -0.1) is 5.10 Å². The highest BCUT2D eigenvalue weighted by Crippen LogP contribution is 2.22. The molecule has 4 rings (SSSR count). The highest BCUT2D eigenvalue weighted by atomic mass is 32.2. The summed E-state index contributed by atoms with van der Waals surface area (Å²) in [5.41, 5.74) is 2.55. The molecule has 2 N–H and O–H groups in total. The molecule has 0 fully saturated rings. The molecule has 0 aliphatic carbocycles. The number of hydrogen-bond acceptors (Lipinski definition) is 5. The number of fused-ring (bicyclic) bond motifs is 1. The number of anilines is 1. The maximum Gasteiger partial charge on any atom is 0.291 e. The van der Waals surface area contributed by atoms with Gasteiger partial charge in [0.1, 0.15) is 11.4 Å². The van der Waals surface area contributed by atoms with Gasteiger partial charge in [0.05, 0.1) is 0 Å². The Morgan fingerprint density at radius 1 is 1.19 bits per heavy atom. The number of carbonyl (C=O) groups is 1. The zero-order chi connectivity index (χ0) is 18.6. The fourth-order valence-electron chi connectivity index (χ4n) is 2.62. The predicted octanol–water partition coefficient (Wildman–Crippen LogP) is 4.66. The van der Waals surface area contributed by atoms with Crippen LogP contribution in [0.15, 0.2) is 64.2 Å². The Kier molecular flexibility index (Phi) is 4.93. The summed E-state index contributed by atoms with van der Waals surface area (Å²) in [4.78, 5) is 16.8. The first-order chi connectivity index (χ1) is 13.2. The lowest BCUT2D eigenvalue weighted by molar-refractivity contribution is 0.0998. The molecule has 0 aliphatic heterocycles. The van der Waals surface area contributed by atoms with E-state index in [4.69, 9.17) is 4.42 Å². The maximum atomic E-state index is 12.4. The van der Waals surface area contributed by atoms with Crippen molar-refractivity contribution in [1.29, 1.82) is 0 Å². The number of carbonyl (C=O) groups excluding carboxylic acids is 1. The van der Waals surface area contributed by atoms with Gasteiger partial charge < -0.3 is 9.73 Å². The number of hydrogen-bond donors (Lipinski definition) is 2. The molecule has 0 aliphatic rings. The van der Waals surface area contributed by atoms with Crippen LogP contribution in [0.2, 0.25) is 0 Å². The Balaban J connectivity index is 1.37. The summed E-state index contributed by atoms with van der Waals surface area (Å²) in [6, 6.07) is 17.0. The van der Waals surface area contributed by atoms with Gasteiger partial charge in [0.15, 0.2) is 5.76 Å². The van der Waals surface area contributed by atoms with Crippen LogP contribution in [-0.4, -0.2) is 21.1 Å². The molecular formula is C20H18N4O2S. The number of thioether (sulfide) groups is 1. The molecule has 2 heterocycles. The van der Waals surface area contributed by atoms with Crippen LogP contribution in [0.5, 0.6) is 0 Å². The van der Waals surface area contributed by atoms with E-state index in [9.17, 15) is 4.79 Å². The molecule has 0 unspecified atom stereocenters. The lowest BCUT2D eigenvalue weighted by atomic mass is 10.2. The van der Waals surface area contributed by atoms with Gasteiger partial charge in [-0.3, -0.25) is 9.89 Å². The van der Waals surface area contributed by atoms with Gasteiger partial charge in [0.25, 0.3) is 5.91 Å². The number of nitrogens with one attached hydrogen (secondary N) is 2. The van der Waals surface area contributed by atoms with Crippen LogP contribution in [0.25, 0.3) is 11.0 Å². The number of furan rings is 1. The summed E-state index contributed by atoms with van der Waals surface area (Å²) in [5, 5.41) is 11.6. The molecule has 0 spiro atoms. The first-order valence-corrected chi connectivity index (χ1v) is 9.63. The van der Waals surface area contributed by atoms with Crippen LogP contribution >= 0.6 is 11.8 Å². The maximum absolute atomic E-state index is 12.4. The van der Waals surface area contributed by atoms with Crippen molar-refractivity contribution in [2.45, 2.75) is 24.3 Å². The minimum absolute atomic E-state index is 0.263. The van der Waals surface area contributed by atoms with Crippen LogP contribution in [0.4, 0.5) is 5.69 Å². The fourth-order valence-corrected chi connectivity index (χ4v) is 3.39. The fraction of sp³-hybridized carbons (Fsp3) is 0.150. The second kappa shape index (κ2) is 7.67. The molecule has 4 aromatic rings. The van der Waals surface area contributed by atoms with Gasteiger partial charge in [0.2, 0.25) is 5.16 Å². The molecule has 0 saturated heterocycles. The monoisotopic (exact) mass is 378 g/mol. The minimum Gasteiger partial charge on any atom is -0.451 e. The van der Waals surface area contributed by atoms with Crippen molar-refractivity contribution in [1.82, 2.24) is 15.2 Å². The van der Waals surface area contributed by atoms with Gasteiger partial charge >= 0.3 is 0 Å². The average Bonchev–Trinajstić information content (AvgIpc) is 3.34. The molecule has 1 amide bonds. The standard InChI is InChI=1S/C20H18N4O2S/c1-2-18-22-20(24-23-18)27-12-13-7-9-15(10-8-13)21-19(25)17-11-14-5-3-4-6-16(14)26-17/h3-11H,2,12H2,1H3,(H,21,25)(H,22,23,24). The average molecular weight is 378 g/mol. The second-order valence-corrected chi connectivity index (χ2v) is 6.95. The number of rotatable bonds is 6. The van der Waals surface area contributed by atoms with Gasteiger partial charge in [-0.25, -0.2) is 4.98 Å². The SMILES string of the molecule is CCc1nc(SCc2ccc(NC(=O)c3cc4ccccc4o3)cc2)n[nH]1. The van der Waals surface area contributed by atoms with E-state index in [2.05, 4.69) is 20.5 Å². The van der Waals surface area contributed by atoms with E-state index in [1.54, 1.807) is 17.8 Å². The first kappa shape index (κ1) is 17.4. The smallest absolute Gasteiger partial charge is 0.291 e. The first-order valence-electron chi connectivity index (χ1n) is 8.64. The molecule has 27 heavy (non-hydrogen) atoms. The second-order valence-electron chi connectivity index (χ2n) is 6.01. The Labute approximate surface area is 160 Å². The van der Waals surface area contributed by atoms with E-state index in [0.29, 0.717) is 11.3 Å². The quantitative estimate of drug-likeness (QED) is 0.477. The Bertz CT molecular complexity index is 1040. The lowest BCUT2D eigenvalue weighted by Crippen LogP contribution is -2.10. The number of para-hydroxylation sites is 1. The molecule has 0 radical (unpaired) electrons. The molecule has 6 nitrogen and oxygen atoms in total. The molecule has 2 aromatic heterocycles. The number of H-pyrrole nitrogens is 1. The summed E-state index contributed by atoms with van der Waals surface area (Å²) < 4.78 is 5.59. The van der Waals surface area contributed by atoms with E-state index < -0.39 is 0 Å². The van der Waals surface area contributed by atoms with Crippen molar-refractivity contribution in [3.63, 3.8) is 0 Å². The number of benzene rings is 2. The summed E-state index contributed by atoms with van der Waals surface area (Å²) >= 11 is 1.57. The van der Waals surface area contributed by atoms with Crippen LogP contribution in [0, 0.1) is 0 Å². The van der Waals surface area contributed by atoms with E-state index in [-0.39, 0.29) is 5.91 Å². The third-order valence-electron chi connectivity index (χ3n) is 4.08. The zero-order valence-electron chi connectivity index (χ0n) is 14.7. The third kappa shape index (κ3) is 4.03. The summed E-state index contributed by atoms with van der Waals surface area (Å²) in [6.07, 6.45) is 0.840. The van der Waals surface area contributed by atoms with Gasteiger partial charge in [-0.1, -0.05) is 49.0 Å². The van der Waals surface area contributed by atoms with Crippen LogP contribution in [-0.2, 0) is 12.2 Å². The summed E-state index contributed by atoms with van der Waals surface area (Å²) in [5.74, 6) is 1.69. The highest BCUT2D eigenvalue weighted by molar-refractivity contribution is 7.98. The highest BCUT2D eigenvalue weighted by Gasteiger charge is 2.12. The number of aryl methyl sites for hydroxylation is 1. The number of aromatic nitrogens is 3. The van der Waals surface area contributed by atoms with Crippen LogP contribution in [0.3, 0.4) is 0 Å². The summed E-state index contributed by atoms with van der Waals surface area (Å²) in [7, 11) is 0. The largest absolute Gasteiger partial charge is 0.451 e. The molecule has 7 heteroatoms. The predicted molar refractivity (Wildman–Crippen MR) is 106 cm³/mol. The van der Waals surface area contributed by atoms with Crippen LogP contribution in [0.1, 0.15) is 28.9 Å². The van der Waals surface area contributed by atoms with Gasteiger partial charge in [-0.2, -0.15) is 0 Å². The number of nitrogens with zero attached hydrogens (tertiary/aromatic N) is 2. The summed E-state index contributed by atoms with van der Waals surface area (Å²) in [6.45, 7) is 2.04. The molecule has 0 saturated carbocycles. The molecule has 0 atom stereocenters. The van der Waals surface area contributed by atoms with Crippen molar-refractivity contribution < 1.29 is 9.21 Å². The minimum atomic E-state index is -0.263. The van der Waals surface area contributed by atoms with E-state index in [0.717, 1.165) is 39.8 Å². The third-order valence-corrected chi connectivity index (χ3v) is 4.99. The van der Waals surface area contributed by atoms with Crippen molar-refractivity contribution in [2.24, 2.45) is 0 Å². The number of amides is 1. The Morgan fingerprint density at radius 2 is 2.00 bits per heavy atom. The molecule has 0 bridgehead atoms. The van der Waals surface area contributed by atoms with Gasteiger partial charge in [0, 0.05) is 23.2 Å². The van der Waals surface area contributed by atoms with Crippen molar-refractivity contribution in [3.05, 3.63) is 71.7 Å². The zero-order valence-corrected chi connectivity index (χ0v) is 15.5. The van der Waals surface area contributed by atoms with E-state index in [1.807, 2.05) is 55.5 Å². The number of aromatic amines is 1. The Morgan fingerprint density at radius 3 is 2.74 bits per heavy atom. The molecule has 136 valence electrons. The Hall–Kier alpha value is -3.06. The van der Waals surface area contributed by atoms with Crippen molar-refractivity contribution >= 4 is 34.3 Å². The van der Waals surface area contributed by atoms with Crippen molar-refractivity contribution in [2.75, 3.05) is 5.32 Å². The van der Waals surface area contributed by atoms with E-state index >= 15 is 0 Å². The van der Waals surface area contributed by atoms with E-state index in [1.165, 1.54) is 0 Å². The van der Waals surface area contributed by atoms with Crippen molar-refractivity contribution in [3.8, 4) is 0 Å². The lowest BCUT2D eigenvalue weighted by Gasteiger charge is -2.04.